The van der Waals surface area contributed by atoms with Crippen LogP contribution in [-0.4, -0.2) is 20.6 Å². The molecular weight excluding hydrogens is 336 g/mol. The molecule has 0 radical (unpaired) electrons. The highest BCUT2D eigenvalue weighted by Crippen LogP contribution is 2.24. The fourth-order valence-corrected chi connectivity index (χ4v) is 1.98. The molecule has 0 spiro atoms. The summed E-state index contributed by atoms with van der Waals surface area (Å²) >= 11 is 9.14. The number of carboxylic acids is 1. The van der Waals surface area contributed by atoms with Crippen molar-refractivity contribution >= 4 is 33.5 Å². The van der Waals surface area contributed by atoms with Crippen molar-refractivity contribution < 1.29 is 14.6 Å². The molecule has 0 aliphatic rings. The third-order valence-corrected chi connectivity index (χ3v) is 3.40. The van der Waals surface area contributed by atoms with Gasteiger partial charge < -0.3 is 14.4 Å². The van der Waals surface area contributed by atoms with E-state index in [4.69, 9.17) is 21.4 Å². The fraction of sp³-hybridized carbons (Fsp3) is 0.167. The van der Waals surface area contributed by atoms with Crippen molar-refractivity contribution in [2.75, 3.05) is 0 Å². The van der Waals surface area contributed by atoms with Crippen molar-refractivity contribution in [1.82, 2.24) is 9.55 Å². The van der Waals surface area contributed by atoms with Gasteiger partial charge in [-0.05, 0) is 18.2 Å². The minimum absolute atomic E-state index is 0.100. The summed E-state index contributed by atoms with van der Waals surface area (Å²) < 4.78 is 7.91. The van der Waals surface area contributed by atoms with Crippen LogP contribution in [0.15, 0.2) is 28.9 Å². The number of benzene rings is 1. The Balaban J connectivity index is 2.21. The van der Waals surface area contributed by atoms with Crippen LogP contribution in [0.3, 0.4) is 0 Å². The number of hydrogen-bond acceptors (Lipinski definition) is 3. The molecular formula is C12H10BrClN2O3. The molecule has 2 aromatic rings. The van der Waals surface area contributed by atoms with E-state index in [0.29, 0.717) is 11.0 Å². The third kappa shape index (κ3) is 3.08. The lowest BCUT2D eigenvalue weighted by Crippen LogP contribution is -2.07. The topological polar surface area (TPSA) is 64.4 Å². The molecule has 2 rings (SSSR count). The lowest BCUT2D eigenvalue weighted by Gasteiger charge is -2.09. The van der Waals surface area contributed by atoms with Crippen molar-refractivity contribution in [2.45, 2.75) is 6.61 Å². The van der Waals surface area contributed by atoms with Gasteiger partial charge in [-0.3, -0.25) is 0 Å². The lowest BCUT2D eigenvalue weighted by atomic mass is 10.2. The second-order valence-corrected chi connectivity index (χ2v) is 5.09. The monoisotopic (exact) mass is 344 g/mol. The molecule has 19 heavy (non-hydrogen) atoms. The number of hydrogen-bond donors (Lipinski definition) is 1. The smallest absolute Gasteiger partial charge is 0.339 e. The summed E-state index contributed by atoms with van der Waals surface area (Å²) in [5.74, 6) is -0.150. The van der Waals surface area contributed by atoms with Crippen LogP contribution >= 0.6 is 27.5 Å². The predicted molar refractivity (Wildman–Crippen MR) is 73.7 cm³/mol. The molecule has 0 saturated carbocycles. The Morgan fingerprint density at radius 2 is 2.32 bits per heavy atom. The van der Waals surface area contributed by atoms with E-state index in [1.807, 2.05) is 0 Å². The number of halogens is 2. The number of nitrogens with zero attached hydrogens (tertiary/aromatic N) is 2. The van der Waals surface area contributed by atoms with Crippen LogP contribution in [0.2, 0.25) is 5.15 Å². The molecule has 100 valence electrons. The van der Waals surface area contributed by atoms with Gasteiger partial charge in [-0.1, -0.05) is 27.5 Å². The number of carbonyl (C=O) groups is 1. The van der Waals surface area contributed by atoms with Crippen molar-refractivity contribution in [3.8, 4) is 5.75 Å². The Bertz CT molecular complexity index is 627. The Morgan fingerprint density at radius 3 is 2.89 bits per heavy atom. The van der Waals surface area contributed by atoms with Gasteiger partial charge in [0.2, 0.25) is 0 Å². The summed E-state index contributed by atoms with van der Waals surface area (Å²) in [6.07, 6.45) is 1.51. The Morgan fingerprint density at radius 1 is 1.58 bits per heavy atom. The summed E-state index contributed by atoms with van der Waals surface area (Å²) in [5, 5.41) is 9.57. The van der Waals surface area contributed by atoms with E-state index >= 15 is 0 Å². The van der Waals surface area contributed by atoms with E-state index in [1.54, 1.807) is 23.7 Å². The molecule has 0 aliphatic carbocycles. The minimum atomic E-state index is -1.04. The number of imidazole rings is 1. The van der Waals surface area contributed by atoms with E-state index in [9.17, 15) is 4.79 Å². The highest BCUT2D eigenvalue weighted by Gasteiger charge is 2.13. The van der Waals surface area contributed by atoms with Crippen LogP contribution in [0, 0.1) is 0 Å². The van der Waals surface area contributed by atoms with Gasteiger partial charge in [0, 0.05) is 11.5 Å². The molecule has 1 N–H and O–H groups in total. The van der Waals surface area contributed by atoms with Gasteiger partial charge in [-0.25, -0.2) is 9.78 Å². The maximum absolute atomic E-state index is 11.1. The van der Waals surface area contributed by atoms with Crippen LogP contribution in [0.1, 0.15) is 16.2 Å². The average Bonchev–Trinajstić information content (AvgIpc) is 2.67. The Labute approximate surface area is 122 Å². The fourth-order valence-electron chi connectivity index (χ4n) is 1.49. The van der Waals surface area contributed by atoms with E-state index in [-0.39, 0.29) is 17.9 Å². The van der Waals surface area contributed by atoms with Gasteiger partial charge in [0.1, 0.15) is 28.9 Å². The Kier molecular flexibility index (Phi) is 4.11. The molecule has 7 heteroatoms. The standard InChI is InChI=1S/C12H10BrClN2O3/c1-16-10(14)5-15-11(16)6-19-9-4-7(13)2-3-8(9)12(17)18/h2-5H,6H2,1H3,(H,17,18). The summed E-state index contributed by atoms with van der Waals surface area (Å²) in [6.45, 7) is 0.139. The SMILES string of the molecule is Cn1c(Cl)cnc1COc1cc(Br)ccc1C(=O)O. The second-order valence-electron chi connectivity index (χ2n) is 3.79. The molecule has 5 nitrogen and oxygen atoms in total. The predicted octanol–water partition coefficient (Wildman–Crippen LogP) is 3.11. The largest absolute Gasteiger partial charge is 0.485 e. The minimum Gasteiger partial charge on any atom is -0.485 e. The molecule has 1 heterocycles. The van der Waals surface area contributed by atoms with Crippen molar-refractivity contribution in [3.63, 3.8) is 0 Å². The van der Waals surface area contributed by atoms with Gasteiger partial charge in [0.05, 0.1) is 6.20 Å². The molecule has 0 aliphatic heterocycles. The zero-order chi connectivity index (χ0) is 14.0. The number of carboxylic acid groups (broad SMARTS) is 1. The molecule has 0 amide bonds. The molecule has 1 aromatic heterocycles. The van der Waals surface area contributed by atoms with Gasteiger partial charge in [-0.15, -0.1) is 0 Å². The van der Waals surface area contributed by atoms with Crippen molar-refractivity contribution in [1.29, 1.82) is 0 Å². The zero-order valence-electron chi connectivity index (χ0n) is 9.93. The van der Waals surface area contributed by atoms with Crippen LogP contribution < -0.4 is 4.74 Å². The highest BCUT2D eigenvalue weighted by atomic mass is 79.9. The number of rotatable bonds is 4. The maximum Gasteiger partial charge on any atom is 0.339 e. The first-order chi connectivity index (χ1) is 8.99. The molecule has 1 aromatic carbocycles. The van der Waals surface area contributed by atoms with E-state index < -0.39 is 5.97 Å². The quantitative estimate of drug-likeness (QED) is 0.925. The number of aromatic nitrogens is 2. The zero-order valence-corrected chi connectivity index (χ0v) is 12.3. The van der Waals surface area contributed by atoms with Crippen molar-refractivity contribution in [3.05, 3.63) is 45.4 Å². The first kappa shape index (κ1) is 13.9. The van der Waals surface area contributed by atoms with Gasteiger partial charge >= 0.3 is 5.97 Å². The van der Waals surface area contributed by atoms with Crippen LogP contribution in [-0.2, 0) is 13.7 Å². The maximum atomic E-state index is 11.1. The Hall–Kier alpha value is -1.53. The molecule has 0 atom stereocenters. The summed E-state index contributed by atoms with van der Waals surface area (Å²) in [7, 11) is 1.76. The van der Waals surface area contributed by atoms with E-state index in [2.05, 4.69) is 20.9 Å². The van der Waals surface area contributed by atoms with Gasteiger partial charge in [-0.2, -0.15) is 0 Å². The van der Waals surface area contributed by atoms with Gasteiger partial charge in [0.25, 0.3) is 0 Å². The lowest BCUT2D eigenvalue weighted by molar-refractivity contribution is 0.0691. The third-order valence-electron chi connectivity index (χ3n) is 2.56. The van der Waals surface area contributed by atoms with Crippen LogP contribution in [0.5, 0.6) is 5.75 Å². The normalized spacial score (nSPS) is 10.5. The van der Waals surface area contributed by atoms with Crippen LogP contribution in [0.25, 0.3) is 0 Å². The highest BCUT2D eigenvalue weighted by molar-refractivity contribution is 9.10. The van der Waals surface area contributed by atoms with E-state index in [0.717, 1.165) is 4.47 Å². The number of aromatic carboxylic acids is 1. The summed E-state index contributed by atoms with van der Waals surface area (Å²) in [5.41, 5.74) is 0.100. The second kappa shape index (κ2) is 5.63. The van der Waals surface area contributed by atoms with E-state index in [1.165, 1.54) is 12.3 Å². The first-order valence-electron chi connectivity index (χ1n) is 5.30. The van der Waals surface area contributed by atoms with Gasteiger partial charge in [0.15, 0.2) is 0 Å². The van der Waals surface area contributed by atoms with Crippen molar-refractivity contribution in [2.24, 2.45) is 7.05 Å². The summed E-state index contributed by atoms with van der Waals surface area (Å²) in [4.78, 5) is 15.2. The molecule has 0 bridgehead atoms. The average molecular weight is 346 g/mol. The molecule has 0 unspecified atom stereocenters. The molecule has 0 saturated heterocycles. The first-order valence-corrected chi connectivity index (χ1v) is 6.48. The number of ether oxygens (including phenoxy) is 1. The molecule has 0 fully saturated rings. The summed E-state index contributed by atoms with van der Waals surface area (Å²) in [6, 6.07) is 4.73. The van der Waals surface area contributed by atoms with Crippen LogP contribution in [0.4, 0.5) is 0 Å².